The van der Waals surface area contributed by atoms with Gasteiger partial charge in [0.05, 0.1) is 12.2 Å². The third-order valence-corrected chi connectivity index (χ3v) is 5.16. The second-order valence-corrected chi connectivity index (χ2v) is 7.58. The number of ether oxygens (including phenoxy) is 1. The Morgan fingerprint density at radius 1 is 1.15 bits per heavy atom. The van der Waals surface area contributed by atoms with Crippen LogP contribution in [0, 0.1) is 6.92 Å². The fourth-order valence-corrected chi connectivity index (χ4v) is 3.45. The first-order chi connectivity index (χ1) is 16.5. The van der Waals surface area contributed by atoms with Crippen molar-refractivity contribution >= 4 is 23.2 Å². The zero-order valence-corrected chi connectivity index (χ0v) is 18.4. The topological polar surface area (TPSA) is 129 Å². The molecule has 2 aromatic carbocycles. The van der Waals surface area contributed by atoms with E-state index in [0.29, 0.717) is 35.3 Å². The summed E-state index contributed by atoms with van der Waals surface area (Å²) in [5.41, 5.74) is 2.08. The van der Waals surface area contributed by atoms with Crippen molar-refractivity contribution in [2.45, 2.75) is 13.5 Å². The van der Waals surface area contributed by atoms with Crippen LogP contribution in [0.5, 0.6) is 5.75 Å². The van der Waals surface area contributed by atoms with Gasteiger partial charge in [-0.25, -0.2) is 14.7 Å². The monoisotopic (exact) mass is 457 g/mol. The molecule has 0 unspecified atom stereocenters. The molecular formula is C23H19N7O4. The second-order valence-electron chi connectivity index (χ2n) is 7.58. The van der Waals surface area contributed by atoms with Crippen LogP contribution in [-0.2, 0) is 11.3 Å². The van der Waals surface area contributed by atoms with Gasteiger partial charge in [0.1, 0.15) is 24.4 Å². The molecule has 5 rings (SSSR count). The minimum Gasteiger partial charge on any atom is -0.485 e. The van der Waals surface area contributed by atoms with Crippen molar-refractivity contribution in [2.24, 2.45) is 4.99 Å². The van der Waals surface area contributed by atoms with Crippen LogP contribution in [0.25, 0.3) is 11.5 Å². The van der Waals surface area contributed by atoms with Crippen LogP contribution < -0.4 is 9.64 Å². The Morgan fingerprint density at radius 3 is 2.74 bits per heavy atom. The van der Waals surface area contributed by atoms with Gasteiger partial charge < -0.3 is 14.1 Å². The first kappa shape index (κ1) is 21.2. The number of benzene rings is 2. The van der Waals surface area contributed by atoms with Crippen molar-refractivity contribution in [1.82, 2.24) is 25.0 Å². The normalized spacial score (nSPS) is 14.6. The predicted octanol–water partition coefficient (Wildman–Crippen LogP) is 2.32. The lowest BCUT2D eigenvalue weighted by atomic mass is 10.1. The van der Waals surface area contributed by atoms with Gasteiger partial charge in [0, 0.05) is 19.5 Å². The van der Waals surface area contributed by atoms with E-state index in [1.54, 1.807) is 32.2 Å². The lowest BCUT2D eigenvalue weighted by molar-refractivity contribution is -0.112. The smallest absolute Gasteiger partial charge is 0.317 e. The average Bonchev–Trinajstić information content (AvgIpc) is 3.48. The molecule has 0 saturated carbocycles. The Balaban J connectivity index is 1.36. The molecule has 2 aromatic heterocycles. The van der Waals surface area contributed by atoms with Gasteiger partial charge >= 0.3 is 5.91 Å². The number of aryl methyl sites for hydroxylation is 1. The SMILES string of the molecule is Cc1nnc(-c2ccc3c(c2)N(C)C(=O)/C(=N/C(=O)c2ncn(Cc4ccccc4)n2)CO3)o1. The molecule has 0 spiro atoms. The van der Waals surface area contributed by atoms with Crippen molar-refractivity contribution in [2.75, 3.05) is 18.6 Å². The van der Waals surface area contributed by atoms with Crippen molar-refractivity contribution < 1.29 is 18.7 Å². The fraction of sp³-hybridized carbons (Fsp3) is 0.174. The van der Waals surface area contributed by atoms with Crippen molar-refractivity contribution in [3.05, 3.63) is 72.1 Å². The number of carbonyl (C=O) groups is 2. The van der Waals surface area contributed by atoms with E-state index < -0.39 is 11.8 Å². The van der Waals surface area contributed by atoms with Crippen LogP contribution in [0.1, 0.15) is 22.1 Å². The highest BCUT2D eigenvalue weighted by Crippen LogP contribution is 2.34. The molecule has 4 aromatic rings. The summed E-state index contributed by atoms with van der Waals surface area (Å²) in [5, 5.41) is 12.0. The van der Waals surface area contributed by atoms with Gasteiger partial charge in [0.25, 0.3) is 5.91 Å². The minimum atomic E-state index is -0.722. The third kappa shape index (κ3) is 4.18. The van der Waals surface area contributed by atoms with Crippen LogP contribution in [-0.4, -0.2) is 56.1 Å². The number of anilines is 1. The lowest BCUT2D eigenvalue weighted by Gasteiger charge is -2.16. The van der Waals surface area contributed by atoms with Crippen LogP contribution in [0.3, 0.4) is 0 Å². The number of hydrogen-bond donors (Lipinski definition) is 0. The number of amides is 2. The zero-order chi connectivity index (χ0) is 23.7. The summed E-state index contributed by atoms with van der Waals surface area (Å²) in [5.74, 6) is -0.0896. The summed E-state index contributed by atoms with van der Waals surface area (Å²) in [6.07, 6.45) is 1.45. The molecule has 3 heterocycles. The lowest BCUT2D eigenvalue weighted by Crippen LogP contribution is -2.34. The van der Waals surface area contributed by atoms with Gasteiger partial charge in [-0.05, 0) is 23.8 Å². The number of carbonyl (C=O) groups excluding carboxylic acids is 2. The summed E-state index contributed by atoms with van der Waals surface area (Å²) in [4.78, 5) is 35.1. The molecule has 0 N–H and O–H groups in total. The molecule has 0 atom stereocenters. The Morgan fingerprint density at radius 2 is 1.97 bits per heavy atom. The second kappa shape index (κ2) is 8.70. The van der Waals surface area contributed by atoms with Crippen LogP contribution in [0.2, 0.25) is 0 Å². The highest BCUT2D eigenvalue weighted by atomic mass is 16.5. The van der Waals surface area contributed by atoms with Crippen molar-refractivity contribution in [3.8, 4) is 17.2 Å². The first-order valence-corrected chi connectivity index (χ1v) is 10.4. The van der Waals surface area contributed by atoms with Crippen LogP contribution in [0.4, 0.5) is 5.69 Å². The number of rotatable bonds is 4. The predicted molar refractivity (Wildman–Crippen MR) is 121 cm³/mol. The molecule has 1 aliphatic heterocycles. The Labute approximate surface area is 193 Å². The summed E-state index contributed by atoms with van der Waals surface area (Å²) >= 11 is 0. The number of aliphatic imine (C=N–C) groups is 1. The Kier molecular flexibility index (Phi) is 5.42. The Hall–Kier alpha value is -4.67. The molecular weight excluding hydrogens is 438 g/mol. The fourth-order valence-electron chi connectivity index (χ4n) is 3.45. The maximum absolute atomic E-state index is 13.0. The van der Waals surface area contributed by atoms with E-state index in [1.165, 1.54) is 15.9 Å². The summed E-state index contributed by atoms with van der Waals surface area (Å²) in [7, 11) is 1.57. The quantitative estimate of drug-likeness (QED) is 0.457. The number of fused-ring (bicyclic) bond motifs is 1. The van der Waals surface area contributed by atoms with Gasteiger partial charge in [-0.15, -0.1) is 15.3 Å². The molecule has 170 valence electrons. The molecule has 11 nitrogen and oxygen atoms in total. The van der Waals surface area contributed by atoms with E-state index in [0.717, 1.165) is 5.56 Å². The van der Waals surface area contributed by atoms with E-state index in [1.807, 2.05) is 30.3 Å². The van der Waals surface area contributed by atoms with E-state index in [2.05, 4.69) is 25.3 Å². The van der Waals surface area contributed by atoms with E-state index in [9.17, 15) is 9.59 Å². The molecule has 0 radical (unpaired) electrons. The van der Waals surface area contributed by atoms with Gasteiger partial charge in [-0.3, -0.25) is 9.59 Å². The maximum Gasteiger partial charge on any atom is 0.317 e. The zero-order valence-electron chi connectivity index (χ0n) is 18.4. The molecule has 34 heavy (non-hydrogen) atoms. The van der Waals surface area contributed by atoms with Crippen molar-refractivity contribution in [3.63, 3.8) is 0 Å². The highest BCUT2D eigenvalue weighted by Gasteiger charge is 2.28. The molecule has 2 amide bonds. The number of hydrogen-bond acceptors (Lipinski definition) is 8. The molecule has 11 heteroatoms. The largest absolute Gasteiger partial charge is 0.485 e. The number of nitrogens with zero attached hydrogens (tertiary/aromatic N) is 7. The van der Waals surface area contributed by atoms with E-state index >= 15 is 0 Å². The van der Waals surface area contributed by atoms with Gasteiger partial charge in [-0.2, -0.15) is 0 Å². The minimum absolute atomic E-state index is 0.0571. The maximum atomic E-state index is 13.0. The molecule has 0 bridgehead atoms. The summed E-state index contributed by atoms with van der Waals surface area (Å²) in [6.45, 7) is 1.98. The van der Waals surface area contributed by atoms with Crippen LogP contribution >= 0.6 is 0 Å². The van der Waals surface area contributed by atoms with Crippen molar-refractivity contribution in [1.29, 1.82) is 0 Å². The molecule has 0 fully saturated rings. The van der Waals surface area contributed by atoms with Crippen LogP contribution in [0.15, 0.2) is 64.3 Å². The highest BCUT2D eigenvalue weighted by molar-refractivity contribution is 6.46. The average molecular weight is 457 g/mol. The van der Waals surface area contributed by atoms with Gasteiger partial charge in [-0.1, -0.05) is 30.3 Å². The molecule has 0 aliphatic carbocycles. The Bertz CT molecular complexity index is 1410. The summed E-state index contributed by atoms with van der Waals surface area (Å²) < 4.78 is 12.8. The number of aromatic nitrogens is 5. The van der Waals surface area contributed by atoms with Gasteiger partial charge in [0.2, 0.25) is 17.6 Å². The van der Waals surface area contributed by atoms with E-state index in [4.69, 9.17) is 9.15 Å². The molecule has 0 saturated heterocycles. The standard InChI is InChI=1S/C23H19N7O4/c1-14-26-27-22(34-14)16-8-9-19-18(10-16)29(2)23(32)17(12-33-19)25-21(31)20-24-13-30(28-20)11-15-6-4-3-5-7-15/h3-10,13H,11-12H2,1-2H3/b25-17+. The first-order valence-electron chi connectivity index (χ1n) is 10.4. The van der Waals surface area contributed by atoms with E-state index in [-0.39, 0.29) is 18.1 Å². The third-order valence-electron chi connectivity index (χ3n) is 5.16. The van der Waals surface area contributed by atoms with Gasteiger partial charge in [0.15, 0.2) is 0 Å². The summed E-state index contributed by atoms with van der Waals surface area (Å²) in [6, 6.07) is 14.8. The molecule has 1 aliphatic rings.